The van der Waals surface area contributed by atoms with Gasteiger partial charge in [-0.1, -0.05) is 24.3 Å². The first kappa shape index (κ1) is 17.4. The quantitative estimate of drug-likeness (QED) is 0.745. The number of nitrogens with zero attached hydrogens (tertiary/aromatic N) is 1. The smallest absolute Gasteiger partial charge is 0.265 e. The average Bonchev–Trinajstić information content (AvgIpc) is 2.86. The molecule has 27 heavy (non-hydrogen) atoms. The maximum absolute atomic E-state index is 13.8. The molecule has 0 spiro atoms. The molecule has 3 aromatic carbocycles. The Morgan fingerprint density at radius 3 is 2.48 bits per heavy atom. The van der Waals surface area contributed by atoms with E-state index in [4.69, 9.17) is 0 Å². The van der Waals surface area contributed by atoms with Crippen molar-refractivity contribution in [1.29, 1.82) is 0 Å². The molecule has 1 heterocycles. The molecule has 1 N–H and O–H groups in total. The van der Waals surface area contributed by atoms with E-state index in [2.05, 4.69) is 5.32 Å². The van der Waals surface area contributed by atoms with Crippen LogP contribution in [0.15, 0.2) is 59.5 Å². The molecule has 0 aliphatic carbocycles. The van der Waals surface area contributed by atoms with Crippen molar-refractivity contribution in [2.45, 2.75) is 17.9 Å². The second-order valence-electron chi connectivity index (χ2n) is 6.22. The van der Waals surface area contributed by atoms with Crippen molar-refractivity contribution in [2.75, 3.05) is 9.62 Å². The van der Waals surface area contributed by atoms with E-state index in [1.165, 1.54) is 13.0 Å². The van der Waals surface area contributed by atoms with E-state index in [1.807, 2.05) is 0 Å². The Morgan fingerprint density at radius 1 is 1.07 bits per heavy atom. The van der Waals surface area contributed by atoms with Gasteiger partial charge in [0.1, 0.15) is 17.7 Å². The lowest BCUT2D eigenvalue weighted by molar-refractivity contribution is -0.116. The molecule has 1 atom stereocenters. The van der Waals surface area contributed by atoms with Gasteiger partial charge in [-0.2, -0.15) is 0 Å². The van der Waals surface area contributed by atoms with Crippen LogP contribution in [0.4, 0.5) is 20.2 Å². The highest BCUT2D eigenvalue weighted by atomic mass is 32.2. The molecule has 0 aromatic heterocycles. The molecule has 1 aliphatic rings. The fourth-order valence-corrected chi connectivity index (χ4v) is 5.14. The van der Waals surface area contributed by atoms with Gasteiger partial charge in [-0.05, 0) is 36.6 Å². The van der Waals surface area contributed by atoms with Gasteiger partial charge in [0.25, 0.3) is 10.0 Å². The van der Waals surface area contributed by atoms with Gasteiger partial charge < -0.3 is 5.32 Å². The molecular formula is C19H14F2N2O3S. The third kappa shape index (κ3) is 2.64. The van der Waals surface area contributed by atoms with Crippen molar-refractivity contribution >= 4 is 38.1 Å². The first-order valence-electron chi connectivity index (χ1n) is 8.13. The largest absolute Gasteiger partial charge is 0.322 e. The number of hydrogen-bond acceptors (Lipinski definition) is 3. The van der Waals surface area contributed by atoms with Gasteiger partial charge in [-0.25, -0.2) is 17.2 Å². The highest BCUT2D eigenvalue weighted by Crippen LogP contribution is 2.43. The molecule has 0 radical (unpaired) electrons. The molecule has 138 valence electrons. The zero-order valence-corrected chi connectivity index (χ0v) is 14.9. The Balaban J connectivity index is 1.73. The third-order valence-corrected chi connectivity index (χ3v) is 6.47. The van der Waals surface area contributed by atoms with Crippen LogP contribution >= 0.6 is 0 Å². The number of rotatable bonds is 3. The topological polar surface area (TPSA) is 66.5 Å². The zero-order chi connectivity index (χ0) is 19.3. The molecule has 0 fully saturated rings. The first-order chi connectivity index (χ1) is 12.8. The molecule has 0 saturated carbocycles. The Bertz CT molecular complexity index is 1190. The fourth-order valence-electron chi connectivity index (χ4n) is 3.27. The van der Waals surface area contributed by atoms with Crippen LogP contribution in [0, 0.1) is 11.6 Å². The summed E-state index contributed by atoms with van der Waals surface area (Å²) in [5.41, 5.74) is 0.172. The minimum absolute atomic E-state index is 0.128. The SMILES string of the molecule is CC(C(=O)Nc1ccc(F)cc1F)N1c2cccc3cccc(c23)S1(=O)=O. The lowest BCUT2D eigenvalue weighted by Crippen LogP contribution is -2.44. The minimum atomic E-state index is -3.93. The Kier molecular flexibility index (Phi) is 3.88. The van der Waals surface area contributed by atoms with Crippen molar-refractivity contribution in [3.8, 4) is 0 Å². The standard InChI is InChI=1S/C19H14F2N2O3S/c1-11(19(24)22-15-9-8-13(20)10-14(15)21)23-16-6-2-4-12-5-3-7-17(18(12)16)27(23,25)26/h2-11H,1H3,(H,22,24). The number of sulfonamides is 1. The van der Waals surface area contributed by atoms with Crippen LogP contribution in [0.25, 0.3) is 10.8 Å². The highest BCUT2D eigenvalue weighted by Gasteiger charge is 2.40. The van der Waals surface area contributed by atoms with Crippen molar-refractivity contribution in [2.24, 2.45) is 0 Å². The summed E-state index contributed by atoms with van der Waals surface area (Å²) in [5.74, 6) is -2.44. The van der Waals surface area contributed by atoms with Crippen LogP contribution in [0.5, 0.6) is 0 Å². The van der Waals surface area contributed by atoms with E-state index in [1.54, 1.807) is 30.3 Å². The summed E-state index contributed by atoms with van der Waals surface area (Å²) in [6.07, 6.45) is 0. The number of carbonyl (C=O) groups excluding carboxylic acids is 1. The number of anilines is 2. The lowest BCUT2D eigenvalue weighted by atomic mass is 10.1. The molecule has 5 nitrogen and oxygen atoms in total. The van der Waals surface area contributed by atoms with E-state index < -0.39 is 33.6 Å². The summed E-state index contributed by atoms with van der Waals surface area (Å²) in [6.45, 7) is 1.42. The van der Waals surface area contributed by atoms with Gasteiger partial charge in [0.15, 0.2) is 0 Å². The molecule has 0 saturated heterocycles. The van der Waals surface area contributed by atoms with E-state index >= 15 is 0 Å². The summed E-state index contributed by atoms with van der Waals surface area (Å²) >= 11 is 0. The van der Waals surface area contributed by atoms with Gasteiger partial charge in [-0.3, -0.25) is 9.10 Å². The Labute approximate surface area is 154 Å². The maximum Gasteiger partial charge on any atom is 0.265 e. The maximum atomic E-state index is 13.8. The summed E-state index contributed by atoms with van der Waals surface area (Å²) in [6, 6.07) is 11.6. The normalized spacial score (nSPS) is 15.7. The van der Waals surface area contributed by atoms with Gasteiger partial charge in [-0.15, -0.1) is 0 Å². The van der Waals surface area contributed by atoms with E-state index in [0.717, 1.165) is 21.8 Å². The molecule has 0 bridgehead atoms. The number of hydrogen-bond donors (Lipinski definition) is 1. The van der Waals surface area contributed by atoms with E-state index in [0.29, 0.717) is 17.1 Å². The number of amides is 1. The highest BCUT2D eigenvalue weighted by molar-refractivity contribution is 7.93. The fraction of sp³-hybridized carbons (Fsp3) is 0.105. The Morgan fingerprint density at radius 2 is 1.78 bits per heavy atom. The molecular weight excluding hydrogens is 374 g/mol. The van der Waals surface area contributed by atoms with Crippen LogP contribution in [-0.4, -0.2) is 20.4 Å². The average molecular weight is 388 g/mol. The van der Waals surface area contributed by atoms with Crippen LogP contribution < -0.4 is 9.62 Å². The number of nitrogens with one attached hydrogen (secondary N) is 1. The predicted molar refractivity (Wildman–Crippen MR) is 98.1 cm³/mol. The van der Waals surface area contributed by atoms with Crippen LogP contribution in [-0.2, 0) is 14.8 Å². The number of halogens is 2. The molecule has 1 amide bonds. The number of carbonyl (C=O) groups is 1. The van der Waals surface area contributed by atoms with Crippen LogP contribution in [0.3, 0.4) is 0 Å². The van der Waals surface area contributed by atoms with Gasteiger partial charge in [0, 0.05) is 11.5 Å². The summed E-state index contributed by atoms with van der Waals surface area (Å²) in [4.78, 5) is 12.7. The van der Waals surface area contributed by atoms with Crippen molar-refractivity contribution < 1.29 is 22.0 Å². The molecule has 8 heteroatoms. The Hall–Kier alpha value is -3.00. The minimum Gasteiger partial charge on any atom is -0.322 e. The van der Waals surface area contributed by atoms with Crippen molar-refractivity contribution in [3.63, 3.8) is 0 Å². The molecule has 3 aromatic rings. The lowest BCUT2D eigenvalue weighted by Gasteiger charge is -2.25. The molecule has 1 aliphatic heterocycles. The second kappa shape index (κ2) is 6.02. The molecule has 1 unspecified atom stereocenters. The van der Waals surface area contributed by atoms with Crippen LogP contribution in [0.1, 0.15) is 6.92 Å². The summed E-state index contributed by atoms with van der Waals surface area (Å²) in [5, 5.41) is 3.62. The third-order valence-electron chi connectivity index (χ3n) is 4.54. The van der Waals surface area contributed by atoms with Crippen LogP contribution in [0.2, 0.25) is 0 Å². The van der Waals surface area contributed by atoms with Crippen molar-refractivity contribution in [1.82, 2.24) is 0 Å². The van der Waals surface area contributed by atoms with E-state index in [-0.39, 0.29) is 10.6 Å². The van der Waals surface area contributed by atoms with E-state index in [9.17, 15) is 22.0 Å². The van der Waals surface area contributed by atoms with Gasteiger partial charge >= 0.3 is 0 Å². The second-order valence-corrected chi connectivity index (χ2v) is 8.01. The predicted octanol–water partition coefficient (Wildman–Crippen LogP) is 3.65. The number of benzene rings is 3. The first-order valence-corrected chi connectivity index (χ1v) is 9.57. The monoisotopic (exact) mass is 388 g/mol. The summed E-state index contributed by atoms with van der Waals surface area (Å²) < 4.78 is 53.9. The van der Waals surface area contributed by atoms with Crippen molar-refractivity contribution in [3.05, 3.63) is 66.2 Å². The summed E-state index contributed by atoms with van der Waals surface area (Å²) in [7, 11) is -3.93. The zero-order valence-electron chi connectivity index (χ0n) is 14.1. The van der Waals surface area contributed by atoms with Gasteiger partial charge in [0.2, 0.25) is 5.91 Å². The molecule has 4 rings (SSSR count). The van der Waals surface area contributed by atoms with Gasteiger partial charge in [0.05, 0.1) is 16.3 Å².